The van der Waals surface area contributed by atoms with E-state index in [9.17, 15) is 0 Å². The van der Waals surface area contributed by atoms with Crippen LogP contribution in [0.1, 0.15) is 0 Å². The van der Waals surface area contributed by atoms with Crippen molar-refractivity contribution in [3.8, 4) is 50.2 Å². The van der Waals surface area contributed by atoms with Gasteiger partial charge in [-0.15, -0.1) is 0 Å². The predicted molar refractivity (Wildman–Crippen MR) is 272 cm³/mol. The Kier molecular flexibility index (Phi) is 9.20. The molecule has 11 aromatic carbocycles. The van der Waals surface area contributed by atoms with E-state index in [2.05, 4.69) is 264 Å². The van der Waals surface area contributed by atoms with Crippen LogP contribution >= 0.6 is 0 Å². The van der Waals surface area contributed by atoms with Crippen LogP contribution in [0.3, 0.4) is 0 Å². The van der Waals surface area contributed by atoms with Crippen molar-refractivity contribution in [2.45, 2.75) is 0 Å². The van der Waals surface area contributed by atoms with Crippen molar-refractivity contribution in [2.75, 3.05) is 4.90 Å². The van der Waals surface area contributed by atoms with Crippen molar-refractivity contribution in [1.82, 2.24) is 4.57 Å². The molecule has 1 aromatic heterocycles. The molecule has 300 valence electrons. The molecule has 12 aromatic rings. The van der Waals surface area contributed by atoms with Crippen LogP contribution in [0.25, 0.3) is 93.5 Å². The van der Waals surface area contributed by atoms with Crippen LogP contribution in [0, 0.1) is 0 Å². The van der Waals surface area contributed by atoms with Crippen LogP contribution in [-0.2, 0) is 0 Å². The lowest BCUT2D eigenvalue weighted by atomic mass is 9.96. The Bertz CT molecular complexity index is 3630. The second-order valence-electron chi connectivity index (χ2n) is 16.5. The predicted octanol–water partition coefficient (Wildman–Crippen LogP) is 17.2. The number of hydrogen-bond donors (Lipinski definition) is 0. The maximum absolute atomic E-state index is 2.44. The first-order valence-electron chi connectivity index (χ1n) is 22.0. The average Bonchev–Trinajstić information content (AvgIpc) is 3.72. The van der Waals surface area contributed by atoms with Crippen molar-refractivity contribution < 1.29 is 0 Å². The minimum absolute atomic E-state index is 1.09. The highest BCUT2D eigenvalue weighted by molar-refractivity contribution is 6.21. The van der Waals surface area contributed by atoms with Gasteiger partial charge in [0.05, 0.1) is 16.7 Å². The molecule has 0 amide bonds. The summed E-state index contributed by atoms with van der Waals surface area (Å²) in [5.74, 6) is 0. The molecule has 0 bridgehead atoms. The average molecular weight is 815 g/mol. The van der Waals surface area contributed by atoms with Crippen LogP contribution in [0.5, 0.6) is 0 Å². The Labute approximate surface area is 373 Å². The maximum atomic E-state index is 2.44. The van der Waals surface area contributed by atoms with Gasteiger partial charge in [-0.3, -0.25) is 0 Å². The van der Waals surface area contributed by atoms with Gasteiger partial charge < -0.3 is 9.47 Å². The number of fused-ring (bicyclic) bond motifs is 6. The number of para-hydroxylation sites is 2. The number of anilines is 3. The molecule has 12 rings (SSSR count). The largest absolute Gasteiger partial charge is 0.310 e. The van der Waals surface area contributed by atoms with E-state index in [-0.39, 0.29) is 0 Å². The van der Waals surface area contributed by atoms with E-state index in [0.717, 1.165) is 28.3 Å². The van der Waals surface area contributed by atoms with Gasteiger partial charge in [0, 0.05) is 33.4 Å². The fraction of sp³-hybridized carbons (Fsp3) is 0. The molecule has 0 fully saturated rings. The molecule has 0 saturated heterocycles. The smallest absolute Gasteiger partial charge is 0.0547 e. The summed E-state index contributed by atoms with van der Waals surface area (Å²) in [5, 5.41) is 7.60. The van der Waals surface area contributed by atoms with Crippen LogP contribution in [0.2, 0.25) is 0 Å². The van der Waals surface area contributed by atoms with Crippen LogP contribution in [-0.4, -0.2) is 4.57 Å². The molecule has 1 heterocycles. The van der Waals surface area contributed by atoms with E-state index in [4.69, 9.17) is 0 Å². The minimum Gasteiger partial charge on any atom is -0.310 e. The van der Waals surface area contributed by atoms with E-state index in [1.165, 1.54) is 82.3 Å². The van der Waals surface area contributed by atoms with Gasteiger partial charge in [0.1, 0.15) is 0 Å². The Balaban J connectivity index is 0.928. The summed E-state index contributed by atoms with van der Waals surface area (Å²) >= 11 is 0. The standard InChI is InChI=1S/C62H42N2/c1-2-14-43(15-3-1)50-19-12-20-53(42-50)63(51-37-32-45(33-38-51)44-28-30-48(31-29-44)55-25-13-18-46-16-4-6-21-54(46)55)52-39-34-49(35-40-52)56-22-8-10-26-59(56)64-60-27-11-9-24-58(60)62-57-23-7-5-17-47(57)36-41-61(62)64/h1-42H. The van der Waals surface area contributed by atoms with Gasteiger partial charge in [0.25, 0.3) is 0 Å². The molecule has 64 heavy (non-hydrogen) atoms. The van der Waals surface area contributed by atoms with Gasteiger partial charge in [-0.2, -0.15) is 0 Å². The number of hydrogen-bond acceptors (Lipinski definition) is 1. The molecule has 0 radical (unpaired) electrons. The molecule has 0 unspecified atom stereocenters. The third-order valence-corrected chi connectivity index (χ3v) is 12.8. The van der Waals surface area contributed by atoms with E-state index >= 15 is 0 Å². The highest BCUT2D eigenvalue weighted by Gasteiger charge is 2.19. The molecule has 0 spiro atoms. The Morgan fingerprint density at radius 3 is 1.53 bits per heavy atom. The van der Waals surface area contributed by atoms with Gasteiger partial charge in [-0.05, 0) is 115 Å². The monoisotopic (exact) mass is 814 g/mol. The fourth-order valence-corrected chi connectivity index (χ4v) is 9.73. The SMILES string of the molecule is c1ccc(-c2cccc(N(c3ccc(-c4ccc(-c5cccc6ccccc56)cc4)cc3)c3ccc(-c4ccccc4-n4c5ccccc5c5c6ccccc6ccc54)cc3)c2)cc1. The summed E-state index contributed by atoms with van der Waals surface area (Å²) in [5.41, 5.74) is 16.4. The third-order valence-electron chi connectivity index (χ3n) is 12.8. The maximum Gasteiger partial charge on any atom is 0.0547 e. The molecule has 0 N–H and O–H groups in total. The Morgan fingerprint density at radius 2 is 0.766 bits per heavy atom. The molecule has 0 aliphatic heterocycles. The summed E-state index contributed by atoms with van der Waals surface area (Å²) in [6, 6.07) is 92.5. The zero-order valence-electron chi connectivity index (χ0n) is 35.1. The van der Waals surface area contributed by atoms with Crippen molar-refractivity contribution in [3.63, 3.8) is 0 Å². The lowest BCUT2D eigenvalue weighted by Crippen LogP contribution is -2.10. The van der Waals surface area contributed by atoms with Gasteiger partial charge in [-0.1, -0.05) is 200 Å². The van der Waals surface area contributed by atoms with E-state index in [1.807, 2.05) is 0 Å². The highest BCUT2D eigenvalue weighted by Crippen LogP contribution is 2.42. The summed E-state index contributed by atoms with van der Waals surface area (Å²) in [6.07, 6.45) is 0. The quantitative estimate of drug-likeness (QED) is 0.148. The minimum atomic E-state index is 1.09. The van der Waals surface area contributed by atoms with Gasteiger partial charge in [-0.25, -0.2) is 0 Å². The summed E-state index contributed by atoms with van der Waals surface area (Å²) < 4.78 is 2.44. The van der Waals surface area contributed by atoms with Crippen molar-refractivity contribution in [1.29, 1.82) is 0 Å². The van der Waals surface area contributed by atoms with Crippen LogP contribution in [0.15, 0.2) is 255 Å². The van der Waals surface area contributed by atoms with Gasteiger partial charge in [0.2, 0.25) is 0 Å². The summed E-state index contributed by atoms with van der Waals surface area (Å²) in [4.78, 5) is 2.37. The van der Waals surface area contributed by atoms with Crippen molar-refractivity contribution in [3.05, 3.63) is 255 Å². The van der Waals surface area contributed by atoms with E-state index in [0.29, 0.717) is 0 Å². The van der Waals surface area contributed by atoms with Crippen LogP contribution in [0.4, 0.5) is 17.1 Å². The number of benzene rings is 11. The third kappa shape index (κ3) is 6.52. The van der Waals surface area contributed by atoms with Crippen molar-refractivity contribution in [2.24, 2.45) is 0 Å². The lowest BCUT2D eigenvalue weighted by molar-refractivity contribution is 1.18. The fourth-order valence-electron chi connectivity index (χ4n) is 9.73. The molecule has 2 nitrogen and oxygen atoms in total. The number of aromatic nitrogens is 1. The zero-order valence-corrected chi connectivity index (χ0v) is 35.1. The molecule has 0 aliphatic carbocycles. The molecule has 0 saturated carbocycles. The second kappa shape index (κ2) is 15.8. The summed E-state index contributed by atoms with van der Waals surface area (Å²) in [7, 11) is 0. The van der Waals surface area contributed by atoms with E-state index in [1.54, 1.807) is 0 Å². The molecule has 2 heteroatoms. The topological polar surface area (TPSA) is 8.17 Å². The Morgan fingerprint density at radius 1 is 0.266 bits per heavy atom. The number of rotatable bonds is 8. The first-order chi connectivity index (χ1) is 31.7. The molecule has 0 atom stereocenters. The Hall–Kier alpha value is -8.46. The lowest BCUT2D eigenvalue weighted by Gasteiger charge is -2.26. The first kappa shape index (κ1) is 37.3. The second-order valence-corrected chi connectivity index (χ2v) is 16.5. The summed E-state index contributed by atoms with van der Waals surface area (Å²) in [6.45, 7) is 0. The van der Waals surface area contributed by atoms with Crippen molar-refractivity contribution >= 4 is 60.4 Å². The molecular formula is C62H42N2. The molecular weight excluding hydrogens is 773 g/mol. The zero-order chi connectivity index (χ0) is 42.4. The van der Waals surface area contributed by atoms with Gasteiger partial charge in [0.15, 0.2) is 0 Å². The molecule has 0 aliphatic rings. The first-order valence-corrected chi connectivity index (χ1v) is 22.0. The van der Waals surface area contributed by atoms with Crippen LogP contribution < -0.4 is 4.90 Å². The highest BCUT2D eigenvalue weighted by atomic mass is 15.1. The van der Waals surface area contributed by atoms with Gasteiger partial charge >= 0.3 is 0 Å². The number of nitrogens with zero attached hydrogens (tertiary/aromatic N) is 2. The normalized spacial score (nSPS) is 11.4. The van der Waals surface area contributed by atoms with E-state index < -0.39 is 0 Å².